The van der Waals surface area contributed by atoms with Gasteiger partial charge < -0.3 is 15.2 Å². The molecule has 1 fully saturated rings. The van der Waals surface area contributed by atoms with Gasteiger partial charge in [0.05, 0.1) is 0 Å². The zero-order valence-electron chi connectivity index (χ0n) is 13.4. The van der Waals surface area contributed by atoms with E-state index in [2.05, 4.69) is 5.16 Å². The lowest BCUT2D eigenvalue weighted by molar-refractivity contribution is 0.0639. The number of carbonyl (C=O) groups excluding carboxylic acids is 1. The predicted octanol–water partition coefficient (Wildman–Crippen LogP) is 3.62. The first-order chi connectivity index (χ1) is 11.0. The van der Waals surface area contributed by atoms with Crippen LogP contribution < -0.4 is 5.73 Å². The molecule has 24 heavy (non-hydrogen) atoms. The summed E-state index contributed by atoms with van der Waals surface area (Å²) in [6.07, 6.45) is 1.86. The lowest BCUT2D eigenvalue weighted by atomic mass is 9.91. The molecule has 1 aromatic heterocycles. The van der Waals surface area contributed by atoms with Gasteiger partial charge in [0, 0.05) is 35.8 Å². The van der Waals surface area contributed by atoms with Crippen LogP contribution in [0.1, 0.15) is 30.3 Å². The van der Waals surface area contributed by atoms with Gasteiger partial charge >= 0.3 is 0 Å². The van der Waals surface area contributed by atoms with Crippen LogP contribution in [-0.2, 0) is 0 Å². The van der Waals surface area contributed by atoms with Gasteiger partial charge in [-0.1, -0.05) is 28.9 Å². The highest BCUT2D eigenvalue weighted by Gasteiger charge is 2.27. The van der Waals surface area contributed by atoms with Crippen molar-refractivity contribution in [3.8, 4) is 11.3 Å². The zero-order chi connectivity index (χ0) is 16.4. The highest BCUT2D eigenvalue weighted by molar-refractivity contribution is 6.30. The number of hydrogen-bond donors (Lipinski definition) is 1. The number of nitrogens with two attached hydrogens (primary N) is 1. The molecule has 0 saturated carbocycles. The van der Waals surface area contributed by atoms with Gasteiger partial charge in [0.1, 0.15) is 5.69 Å². The topological polar surface area (TPSA) is 72.4 Å². The largest absolute Gasteiger partial charge is 0.350 e. The lowest BCUT2D eigenvalue weighted by Crippen LogP contribution is -2.42. The molecule has 7 heteroatoms. The Kier molecular flexibility index (Phi) is 6.27. The van der Waals surface area contributed by atoms with Gasteiger partial charge in [-0.3, -0.25) is 4.79 Å². The third kappa shape index (κ3) is 4.09. The average Bonchev–Trinajstić information content (AvgIpc) is 3.04. The molecule has 1 unspecified atom stereocenters. The van der Waals surface area contributed by atoms with Gasteiger partial charge in [-0.25, -0.2) is 0 Å². The van der Waals surface area contributed by atoms with Crippen LogP contribution in [0.3, 0.4) is 0 Å². The minimum atomic E-state index is -0.117. The highest BCUT2D eigenvalue weighted by atomic mass is 35.5. The smallest absolute Gasteiger partial charge is 0.292 e. The minimum absolute atomic E-state index is 0. The summed E-state index contributed by atoms with van der Waals surface area (Å²) in [4.78, 5) is 14.3. The second-order valence-corrected chi connectivity index (χ2v) is 6.51. The van der Waals surface area contributed by atoms with Gasteiger partial charge in [-0.2, -0.15) is 0 Å². The minimum Gasteiger partial charge on any atom is -0.350 e. The Morgan fingerprint density at radius 1 is 1.38 bits per heavy atom. The Morgan fingerprint density at radius 3 is 2.71 bits per heavy atom. The van der Waals surface area contributed by atoms with Gasteiger partial charge in [0.25, 0.3) is 5.91 Å². The normalized spacial score (nSPS) is 16.5. The Hall–Kier alpha value is -1.56. The molecule has 0 bridgehead atoms. The number of aromatic nitrogens is 1. The second-order valence-electron chi connectivity index (χ2n) is 6.08. The summed E-state index contributed by atoms with van der Waals surface area (Å²) in [5.41, 5.74) is 7.38. The number of piperidine rings is 1. The van der Waals surface area contributed by atoms with Gasteiger partial charge in [-0.05, 0) is 37.8 Å². The quantitative estimate of drug-likeness (QED) is 0.896. The zero-order valence-corrected chi connectivity index (χ0v) is 15.0. The van der Waals surface area contributed by atoms with Crippen molar-refractivity contribution in [3.63, 3.8) is 0 Å². The number of amides is 1. The molecule has 1 aliphatic heterocycles. The fourth-order valence-corrected chi connectivity index (χ4v) is 3.13. The number of halogens is 2. The summed E-state index contributed by atoms with van der Waals surface area (Å²) in [5.74, 6) is 0.629. The first-order valence-corrected chi connectivity index (χ1v) is 8.20. The molecule has 2 aromatic rings. The first kappa shape index (κ1) is 18.8. The molecular weight excluding hydrogens is 349 g/mol. The molecule has 1 saturated heterocycles. The van der Waals surface area contributed by atoms with Crippen LogP contribution >= 0.6 is 24.0 Å². The van der Waals surface area contributed by atoms with E-state index in [-0.39, 0.29) is 30.1 Å². The molecule has 1 aliphatic rings. The van der Waals surface area contributed by atoms with E-state index in [0.29, 0.717) is 29.7 Å². The van der Waals surface area contributed by atoms with E-state index in [9.17, 15) is 4.79 Å². The Labute approximate surface area is 152 Å². The molecule has 2 heterocycles. The number of likely N-dealkylation sites (tertiary alicyclic amines) is 1. The van der Waals surface area contributed by atoms with Crippen LogP contribution in [0.4, 0.5) is 0 Å². The fourth-order valence-electron chi connectivity index (χ4n) is 2.94. The third-order valence-corrected chi connectivity index (χ3v) is 4.65. The SMILES string of the molecule is CC(N)C1CCN(C(=O)c2cc(-c3cccc(Cl)c3)no2)CC1.Cl. The standard InChI is InChI=1S/C17H20ClN3O2.ClH/c1-11(19)12-5-7-21(8-6-12)17(22)16-10-15(20-23-16)13-3-2-4-14(18)9-13;/h2-4,9-12H,5-8,19H2,1H3;1H. The van der Waals surface area contributed by atoms with Crippen LogP contribution in [0.2, 0.25) is 5.02 Å². The Morgan fingerprint density at radius 2 is 2.08 bits per heavy atom. The van der Waals surface area contributed by atoms with Crippen molar-refractivity contribution < 1.29 is 9.32 Å². The molecule has 2 N–H and O–H groups in total. The summed E-state index contributed by atoms with van der Waals surface area (Å²) in [6.45, 7) is 3.44. The monoisotopic (exact) mass is 369 g/mol. The van der Waals surface area contributed by atoms with E-state index >= 15 is 0 Å². The molecular formula is C17H21Cl2N3O2. The van der Waals surface area contributed by atoms with E-state index in [1.165, 1.54) is 0 Å². The van der Waals surface area contributed by atoms with Crippen molar-refractivity contribution in [2.75, 3.05) is 13.1 Å². The molecule has 5 nitrogen and oxygen atoms in total. The van der Waals surface area contributed by atoms with E-state index < -0.39 is 0 Å². The average molecular weight is 370 g/mol. The van der Waals surface area contributed by atoms with Gasteiger partial charge in [0.15, 0.2) is 0 Å². The number of rotatable bonds is 3. The van der Waals surface area contributed by atoms with E-state index in [4.69, 9.17) is 21.9 Å². The van der Waals surface area contributed by atoms with Crippen LogP contribution in [0.25, 0.3) is 11.3 Å². The summed E-state index contributed by atoms with van der Waals surface area (Å²) >= 11 is 5.98. The fraction of sp³-hybridized carbons (Fsp3) is 0.412. The van der Waals surface area contributed by atoms with Gasteiger partial charge in [0.2, 0.25) is 5.76 Å². The maximum Gasteiger partial charge on any atom is 0.292 e. The molecule has 1 amide bonds. The van der Waals surface area contributed by atoms with Crippen LogP contribution in [0.5, 0.6) is 0 Å². The molecule has 1 aromatic carbocycles. The Balaban J connectivity index is 0.00000208. The molecule has 3 rings (SSSR count). The van der Waals surface area contributed by atoms with Crippen LogP contribution in [0, 0.1) is 5.92 Å². The van der Waals surface area contributed by atoms with Crippen molar-refractivity contribution >= 4 is 29.9 Å². The summed E-state index contributed by atoms with van der Waals surface area (Å²) < 4.78 is 5.24. The van der Waals surface area contributed by atoms with Crippen LogP contribution in [0.15, 0.2) is 34.9 Å². The first-order valence-electron chi connectivity index (χ1n) is 7.82. The van der Waals surface area contributed by atoms with Crippen LogP contribution in [-0.4, -0.2) is 35.1 Å². The summed E-state index contributed by atoms with van der Waals surface area (Å²) in [5, 5.41) is 4.61. The second kappa shape index (κ2) is 8.01. The Bertz CT molecular complexity index is 695. The summed E-state index contributed by atoms with van der Waals surface area (Å²) in [7, 11) is 0. The predicted molar refractivity (Wildman–Crippen MR) is 96.5 cm³/mol. The third-order valence-electron chi connectivity index (χ3n) is 4.41. The van der Waals surface area contributed by atoms with Crippen molar-refractivity contribution in [2.45, 2.75) is 25.8 Å². The van der Waals surface area contributed by atoms with Crippen molar-refractivity contribution in [3.05, 3.63) is 41.1 Å². The van der Waals surface area contributed by atoms with E-state index in [1.807, 2.05) is 19.1 Å². The van der Waals surface area contributed by atoms with E-state index in [1.54, 1.807) is 23.1 Å². The molecule has 0 spiro atoms. The number of hydrogen-bond acceptors (Lipinski definition) is 4. The van der Waals surface area contributed by atoms with Crippen molar-refractivity contribution in [1.82, 2.24) is 10.1 Å². The molecule has 0 radical (unpaired) electrons. The lowest BCUT2D eigenvalue weighted by Gasteiger charge is -2.33. The molecule has 130 valence electrons. The maximum atomic E-state index is 12.5. The van der Waals surface area contributed by atoms with Crippen molar-refractivity contribution in [1.29, 1.82) is 0 Å². The molecule has 1 atom stereocenters. The van der Waals surface area contributed by atoms with Gasteiger partial charge in [-0.15, -0.1) is 12.4 Å². The van der Waals surface area contributed by atoms with Crippen molar-refractivity contribution in [2.24, 2.45) is 11.7 Å². The summed E-state index contributed by atoms with van der Waals surface area (Å²) in [6, 6.07) is 9.15. The maximum absolute atomic E-state index is 12.5. The van der Waals surface area contributed by atoms with E-state index in [0.717, 1.165) is 18.4 Å². The number of carbonyl (C=O) groups is 1. The highest BCUT2D eigenvalue weighted by Crippen LogP contribution is 2.25. The number of benzene rings is 1. The molecule has 0 aliphatic carbocycles. The number of nitrogens with zero attached hydrogens (tertiary/aromatic N) is 2.